The second-order valence-corrected chi connectivity index (χ2v) is 11.4. The number of para-hydroxylation sites is 1. The molecule has 2 aromatic carbocycles. The minimum absolute atomic E-state index is 0.135. The van der Waals surface area contributed by atoms with Gasteiger partial charge in [0.25, 0.3) is 7.37 Å². The molecule has 2 unspecified atom stereocenters. The lowest BCUT2D eigenvalue weighted by Crippen LogP contribution is -2.35. The summed E-state index contributed by atoms with van der Waals surface area (Å²) in [6.07, 6.45) is 6.28. The molecule has 31 heavy (non-hydrogen) atoms. The Morgan fingerprint density at radius 2 is 1.74 bits per heavy atom. The largest absolute Gasteiger partial charge is 0.496 e. The van der Waals surface area contributed by atoms with Gasteiger partial charge in [-0.05, 0) is 54.9 Å². The number of hydrogen-bond donors (Lipinski definition) is 1. The molecule has 1 aliphatic carbocycles. The van der Waals surface area contributed by atoms with Crippen LogP contribution in [0.4, 0.5) is 0 Å². The van der Waals surface area contributed by atoms with Crippen molar-refractivity contribution in [3.8, 4) is 5.75 Å². The van der Waals surface area contributed by atoms with Gasteiger partial charge in [-0.3, -0.25) is 4.57 Å². The summed E-state index contributed by atoms with van der Waals surface area (Å²) in [7, 11) is -1.96. The summed E-state index contributed by atoms with van der Waals surface area (Å²) in [5.74, 6) is 0.736. The van der Waals surface area contributed by atoms with E-state index in [0.29, 0.717) is 28.8 Å². The zero-order valence-electron chi connectivity index (χ0n) is 19.0. The number of ether oxygens (including phenoxy) is 1. The van der Waals surface area contributed by atoms with Crippen molar-refractivity contribution in [1.82, 2.24) is 0 Å². The van der Waals surface area contributed by atoms with Crippen LogP contribution < -0.4 is 10.0 Å². The fourth-order valence-corrected chi connectivity index (χ4v) is 6.55. The molecule has 1 aliphatic rings. The highest BCUT2D eigenvalue weighted by Gasteiger charge is 2.41. The summed E-state index contributed by atoms with van der Waals surface area (Å²) in [6, 6.07) is 16.7. The second-order valence-electron chi connectivity index (χ2n) is 8.92. The molecule has 0 heterocycles. The van der Waals surface area contributed by atoms with Gasteiger partial charge in [0.1, 0.15) is 5.75 Å². The number of hydrogen-bond acceptors (Lipinski definition) is 4. The normalized spacial score (nSPS) is 24.8. The Morgan fingerprint density at radius 1 is 1.06 bits per heavy atom. The van der Waals surface area contributed by atoms with Crippen molar-refractivity contribution in [3.05, 3.63) is 66.2 Å². The summed E-state index contributed by atoms with van der Waals surface area (Å²) >= 11 is 0. The zero-order chi connectivity index (χ0) is 22.4. The van der Waals surface area contributed by atoms with Gasteiger partial charge in [0.05, 0.1) is 13.2 Å². The van der Waals surface area contributed by atoms with Gasteiger partial charge in [0, 0.05) is 10.9 Å². The number of rotatable bonds is 8. The van der Waals surface area contributed by atoms with Crippen LogP contribution >= 0.6 is 7.37 Å². The van der Waals surface area contributed by atoms with E-state index in [1.54, 1.807) is 31.4 Å². The van der Waals surface area contributed by atoms with Gasteiger partial charge in [0.15, 0.2) is 5.85 Å². The third kappa shape index (κ3) is 5.68. The summed E-state index contributed by atoms with van der Waals surface area (Å²) < 4.78 is 26.1. The van der Waals surface area contributed by atoms with Crippen molar-refractivity contribution in [3.63, 3.8) is 0 Å². The van der Waals surface area contributed by atoms with Gasteiger partial charge in [-0.2, -0.15) is 0 Å². The highest BCUT2D eigenvalue weighted by atomic mass is 31.2. The molecule has 0 radical (unpaired) electrons. The van der Waals surface area contributed by atoms with Gasteiger partial charge in [-0.15, -0.1) is 0 Å². The summed E-state index contributed by atoms with van der Waals surface area (Å²) in [6.45, 7) is 6.61. The predicted molar refractivity (Wildman–Crippen MR) is 128 cm³/mol. The number of benzene rings is 2. The zero-order valence-corrected chi connectivity index (χ0v) is 19.9. The van der Waals surface area contributed by atoms with Crippen LogP contribution in [0.1, 0.15) is 45.6 Å². The van der Waals surface area contributed by atoms with Gasteiger partial charge >= 0.3 is 0 Å². The molecular weight excluding hydrogens is 407 g/mol. The van der Waals surface area contributed by atoms with Crippen molar-refractivity contribution in [2.75, 3.05) is 7.11 Å². The van der Waals surface area contributed by atoms with E-state index in [-0.39, 0.29) is 6.10 Å². The van der Waals surface area contributed by atoms with Gasteiger partial charge < -0.3 is 14.4 Å². The first-order valence-electron chi connectivity index (χ1n) is 11.2. The van der Waals surface area contributed by atoms with Crippen molar-refractivity contribution < 1.29 is 18.9 Å². The number of aliphatic hydroxyl groups is 1. The van der Waals surface area contributed by atoms with Gasteiger partial charge in [-0.25, -0.2) is 0 Å². The summed E-state index contributed by atoms with van der Waals surface area (Å²) in [4.78, 5) is 0. The van der Waals surface area contributed by atoms with Crippen LogP contribution in [0, 0.1) is 17.8 Å². The first-order chi connectivity index (χ1) is 14.8. The van der Waals surface area contributed by atoms with Gasteiger partial charge in [-0.1, -0.05) is 69.7 Å². The Hall–Kier alpha value is -1.87. The maximum atomic E-state index is 14.3. The molecule has 0 saturated heterocycles. The molecule has 0 bridgehead atoms. The van der Waals surface area contributed by atoms with E-state index < -0.39 is 13.2 Å². The highest BCUT2D eigenvalue weighted by molar-refractivity contribution is 7.67. The van der Waals surface area contributed by atoms with E-state index in [1.165, 1.54) is 0 Å². The Kier molecular flexibility index (Phi) is 8.16. The average molecular weight is 443 g/mol. The molecule has 2 aromatic rings. The van der Waals surface area contributed by atoms with E-state index in [1.807, 2.05) is 42.5 Å². The Labute approximate surface area is 186 Å². The van der Waals surface area contributed by atoms with E-state index in [9.17, 15) is 9.67 Å². The monoisotopic (exact) mass is 442 g/mol. The van der Waals surface area contributed by atoms with Crippen molar-refractivity contribution in [1.29, 1.82) is 0 Å². The molecule has 0 spiro atoms. The van der Waals surface area contributed by atoms with Crippen LogP contribution in [0.15, 0.2) is 60.7 Å². The third-order valence-corrected chi connectivity index (χ3v) is 8.78. The molecule has 0 aromatic heterocycles. The molecule has 0 aliphatic heterocycles. The maximum Gasteiger partial charge on any atom is 0.263 e. The Morgan fingerprint density at radius 3 is 2.42 bits per heavy atom. The first-order valence-corrected chi connectivity index (χ1v) is 12.9. The lowest BCUT2D eigenvalue weighted by molar-refractivity contribution is 0.0448. The summed E-state index contributed by atoms with van der Waals surface area (Å²) in [5, 5.41) is 11.7. The van der Waals surface area contributed by atoms with Crippen LogP contribution in [0.5, 0.6) is 5.75 Å². The molecule has 1 N–H and O–H groups in total. The first kappa shape index (κ1) is 23.8. The topological polar surface area (TPSA) is 55.8 Å². The van der Waals surface area contributed by atoms with Crippen LogP contribution in [0.2, 0.25) is 0 Å². The van der Waals surface area contributed by atoms with Crippen LogP contribution in [-0.2, 0) is 9.09 Å². The van der Waals surface area contributed by atoms with E-state index in [0.717, 1.165) is 24.8 Å². The van der Waals surface area contributed by atoms with Gasteiger partial charge in [0.2, 0.25) is 0 Å². The minimum atomic E-state index is -3.57. The molecule has 3 rings (SSSR count). The van der Waals surface area contributed by atoms with E-state index >= 15 is 0 Å². The standard InChI is InChI=1S/C26H35O4P/c1-19(2)23-16-14-20(3)18-25(23)30-31(28,22-11-6-5-7-12-22)26(27)17-15-21-10-8-9-13-24(21)29-4/h5-13,15,17,19-20,23,25-27H,14,16,18H2,1-4H3/b17-15+/t20-,23+,25-,26?,31?/m1/s1. The van der Waals surface area contributed by atoms with Crippen molar-refractivity contribution in [2.24, 2.45) is 17.8 Å². The number of aliphatic hydroxyl groups excluding tert-OH is 1. The summed E-state index contributed by atoms with van der Waals surface area (Å²) in [5.41, 5.74) is 0.815. The minimum Gasteiger partial charge on any atom is -0.496 e. The highest BCUT2D eigenvalue weighted by Crippen LogP contribution is 2.54. The van der Waals surface area contributed by atoms with Crippen molar-refractivity contribution >= 4 is 18.7 Å². The molecule has 1 saturated carbocycles. The van der Waals surface area contributed by atoms with Crippen LogP contribution in [0.3, 0.4) is 0 Å². The lowest BCUT2D eigenvalue weighted by atomic mass is 9.75. The fourth-order valence-electron chi connectivity index (χ4n) is 4.46. The molecule has 168 valence electrons. The lowest BCUT2D eigenvalue weighted by Gasteiger charge is -2.39. The second kappa shape index (κ2) is 10.6. The molecule has 1 fully saturated rings. The molecule has 5 atom stereocenters. The third-order valence-electron chi connectivity index (χ3n) is 6.30. The maximum absolute atomic E-state index is 14.3. The molecule has 0 amide bonds. The molecular formula is C26H35O4P. The predicted octanol–water partition coefficient (Wildman–Crippen LogP) is 6.11. The number of methoxy groups -OCH3 is 1. The SMILES string of the molecule is COc1ccccc1/C=C/C(O)P(=O)(O[C@@H]1C[C@H](C)CC[C@H]1C(C)C)c1ccccc1. The quantitative estimate of drug-likeness (QED) is 0.501. The van der Waals surface area contributed by atoms with Crippen molar-refractivity contribution in [2.45, 2.75) is 52.0 Å². The van der Waals surface area contributed by atoms with Crippen LogP contribution in [-0.4, -0.2) is 24.2 Å². The molecule has 5 heteroatoms. The average Bonchev–Trinajstić information content (AvgIpc) is 2.78. The van der Waals surface area contributed by atoms with E-state index in [2.05, 4.69) is 20.8 Å². The Balaban J connectivity index is 1.93. The smallest absolute Gasteiger partial charge is 0.263 e. The molecule has 4 nitrogen and oxygen atoms in total. The Bertz CT molecular complexity index is 909. The van der Waals surface area contributed by atoms with Crippen LogP contribution in [0.25, 0.3) is 6.08 Å². The van der Waals surface area contributed by atoms with E-state index in [4.69, 9.17) is 9.26 Å². The fraction of sp³-hybridized carbons (Fsp3) is 0.462.